The number of amides is 1. The number of aromatic nitrogens is 4. The molecule has 0 bridgehead atoms. The van der Waals surface area contributed by atoms with Crippen molar-refractivity contribution >= 4 is 17.5 Å². The molecule has 2 aromatic carbocycles. The van der Waals surface area contributed by atoms with Gasteiger partial charge < -0.3 is 10.4 Å². The van der Waals surface area contributed by atoms with Crippen LogP contribution < -0.4 is 5.32 Å². The smallest absolute Gasteiger partial charge is 0.255 e. The molecular formula is C19H20ClN5O2. The number of H-pyrrole nitrogens is 1. The van der Waals surface area contributed by atoms with Crippen LogP contribution in [-0.2, 0) is 6.42 Å². The molecule has 140 valence electrons. The molecule has 1 unspecified atom stereocenters. The summed E-state index contributed by atoms with van der Waals surface area (Å²) in [6.45, 7) is 2.56. The molecule has 7 nitrogen and oxygen atoms in total. The highest BCUT2D eigenvalue weighted by Crippen LogP contribution is 2.25. The van der Waals surface area contributed by atoms with Crippen molar-refractivity contribution in [2.75, 3.05) is 6.54 Å². The van der Waals surface area contributed by atoms with E-state index in [1.807, 2.05) is 12.1 Å². The zero-order valence-corrected chi connectivity index (χ0v) is 15.6. The Morgan fingerprint density at radius 1 is 1.30 bits per heavy atom. The highest BCUT2D eigenvalue weighted by Gasteiger charge is 2.14. The number of tetrazole rings is 1. The lowest BCUT2D eigenvalue weighted by molar-refractivity contribution is 0.0945. The van der Waals surface area contributed by atoms with Gasteiger partial charge in [0, 0.05) is 17.1 Å². The van der Waals surface area contributed by atoms with E-state index < -0.39 is 0 Å². The van der Waals surface area contributed by atoms with Crippen molar-refractivity contribution in [2.45, 2.75) is 19.8 Å². The number of para-hydroxylation sites is 1. The Labute approximate surface area is 161 Å². The minimum Gasteiger partial charge on any atom is -0.507 e. The van der Waals surface area contributed by atoms with Crippen LogP contribution in [-0.4, -0.2) is 38.2 Å². The fourth-order valence-corrected chi connectivity index (χ4v) is 2.99. The Morgan fingerprint density at radius 2 is 2.11 bits per heavy atom. The molecule has 1 atom stereocenters. The molecule has 3 N–H and O–H groups in total. The lowest BCUT2D eigenvalue weighted by atomic mass is 9.97. The monoisotopic (exact) mass is 385 g/mol. The van der Waals surface area contributed by atoms with Gasteiger partial charge in [0.05, 0.1) is 5.56 Å². The van der Waals surface area contributed by atoms with E-state index in [0.29, 0.717) is 17.4 Å². The average molecular weight is 386 g/mol. The van der Waals surface area contributed by atoms with E-state index in [9.17, 15) is 9.90 Å². The summed E-state index contributed by atoms with van der Waals surface area (Å²) in [6.07, 6.45) is 1.60. The second-order valence-electron chi connectivity index (χ2n) is 6.41. The minimum absolute atomic E-state index is 0.0219. The van der Waals surface area contributed by atoms with Gasteiger partial charge in [-0.05, 0) is 59.9 Å². The van der Waals surface area contributed by atoms with Crippen molar-refractivity contribution in [3.63, 3.8) is 0 Å². The van der Waals surface area contributed by atoms with E-state index in [0.717, 1.165) is 24.0 Å². The van der Waals surface area contributed by atoms with Crippen LogP contribution in [0.25, 0.3) is 11.4 Å². The van der Waals surface area contributed by atoms with E-state index in [1.165, 1.54) is 6.07 Å². The molecule has 0 fully saturated rings. The SMILES string of the molecule is CC(CCc1cc(Cl)ccc1-c1nn[nH]n1)CNC(=O)c1ccccc1O. The van der Waals surface area contributed by atoms with Gasteiger partial charge in [-0.25, -0.2) is 0 Å². The van der Waals surface area contributed by atoms with Gasteiger partial charge in [0.2, 0.25) is 5.82 Å². The number of aromatic hydroxyl groups is 1. The van der Waals surface area contributed by atoms with Gasteiger partial charge >= 0.3 is 0 Å². The number of halogens is 1. The molecule has 1 aromatic heterocycles. The molecule has 27 heavy (non-hydrogen) atoms. The van der Waals surface area contributed by atoms with E-state index in [2.05, 4.69) is 32.9 Å². The third-order valence-electron chi connectivity index (χ3n) is 4.32. The number of carbonyl (C=O) groups excluding carboxylic acids is 1. The van der Waals surface area contributed by atoms with E-state index >= 15 is 0 Å². The van der Waals surface area contributed by atoms with Crippen molar-refractivity contribution < 1.29 is 9.90 Å². The first kappa shape index (κ1) is 18.8. The maximum absolute atomic E-state index is 12.2. The number of rotatable bonds is 7. The number of aromatic amines is 1. The molecule has 3 aromatic rings. The largest absolute Gasteiger partial charge is 0.507 e. The first-order valence-corrected chi connectivity index (χ1v) is 9.01. The maximum Gasteiger partial charge on any atom is 0.255 e. The number of benzene rings is 2. The lowest BCUT2D eigenvalue weighted by Gasteiger charge is -2.14. The fourth-order valence-electron chi connectivity index (χ4n) is 2.79. The summed E-state index contributed by atoms with van der Waals surface area (Å²) in [5, 5.41) is 27.4. The molecular weight excluding hydrogens is 366 g/mol. The van der Waals surface area contributed by atoms with Crippen LogP contribution in [0.5, 0.6) is 5.75 Å². The molecule has 0 saturated heterocycles. The molecule has 0 aliphatic rings. The Bertz CT molecular complexity index is 914. The molecule has 8 heteroatoms. The summed E-state index contributed by atoms with van der Waals surface area (Å²) >= 11 is 6.13. The molecule has 0 aliphatic heterocycles. The molecule has 3 rings (SSSR count). The van der Waals surface area contributed by atoms with Crippen LogP contribution in [0.2, 0.25) is 5.02 Å². The zero-order chi connectivity index (χ0) is 19.2. The summed E-state index contributed by atoms with van der Waals surface area (Å²) in [7, 11) is 0. The topological polar surface area (TPSA) is 104 Å². The number of hydrogen-bond donors (Lipinski definition) is 3. The third-order valence-corrected chi connectivity index (χ3v) is 4.55. The Kier molecular flexibility index (Phi) is 6.03. The zero-order valence-electron chi connectivity index (χ0n) is 14.8. The minimum atomic E-state index is -0.282. The molecule has 0 radical (unpaired) electrons. The number of nitrogens with zero attached hydrogens (tertiary/aromatic N) is 3. The van der Waals surface area contributed by atoms with Crippen LogP contribution in [0.3, 0.4) is 0 Å². The first-order valence-electron chi connectivity index (χ1n) is 8.63. The first-order chi connectivity index (χ1) is 13.0. The molecule has 0 saturated carbocycles. The standard InChI is InChI=1S/C19H20ClN5O2/c1-12(11-21-19(27)16-4-2-3-5-17(16)26)6-7-13-10-14(20)8-9-15(13)18-22-24-25-23-18/h2-5,8-10,12,26H,6-7,11H2,1H3,(H,21,27)(H,22,23,24,25). The van der Waals surface area contributed by atoms with Gasteiger partial charge in [-0.1, -0.05) is 30.7 Å². The number of phenolic OH excluding ortho intramolecular Hbond substituents is 1. The number of phenols is 1. The Hall–Kier alpha value is -2.93. The summed E-state index contributed by atoms with van der Waals surface area (Å²) in [5.74, 6) is 0.459. The van der Waals surface area contributed by atoms with Gasteiger partial charge in [-0.2, -0.15) is 5.21 Å². The maximum atomic E-state index is 12.2. The summed E-state index contributed by atoms with van der Waals surface area (Å²) < 4.78 is 0. The van der Waals surface area contributed by atoms with Gasteiger partial charge in [-0.3, -0.25) is 4.79 Å². The van der Waals surface area contributed by atoms with E-state index in [-0.39, 0.29) is 23.1 Å². The fraction of sp³-hybridized carbons (Fsp3) is 0.263. The highest BCUT2D eigenvalue weighted by atomic mass is 35.5. The van der Waals surface area contributed by atoms with Crippen LogP contribution >= 0.6 is 11.6 Å². The van der Waals surface area contributed by atoms with Crippen molar-refractivity contribution in [2.24, 2.45) is 5.92 Å². The van der Waals surface area contributed by atoms with Crippen molar-refractivity contribution in [3.05, 3.63) is 58.6 Å². The predicted molar refractivity (Wildman–Crippen MR) is 103 cm³/mol. The van der Waals surface area contributed by atoms with Crippen molar-refractivity contribution in [1.29, 1.82) is 0 Å². The Balaban J connectivity index is 1.58. The van der Waals surface area contributed by atoms with Gasteiger partial charge in [0.25, 0.3) is 5.91 Å². The normalized spacial score (nSPS) is 11.9. The summed E-state index contributed by atoms with van der Waals surface area (Å²) in [5.41, 5.74) is 2.19. The molecule has 1 amide bonds. The quantitative estimate of drug-likeness (QED) is 0.579. The number of aryl methyl sites for hydroxylation is 1. The third kappa shape index (κ3) is 4.83. The summed E-state index contributed by atoms with van der Waals surface area (Å²) in [6, 6.07) is 12.1. The predicted octanol–water partition coefficient (Wildman–Crippen LogP) is 3.22. The van der Waals surface area contributed by atoms with Gasteiger partial charge in [0.15, 0.2) is 0 Å². The second-order valence-corrected chi connectivity index (χ2v) is 6.84. The average Bonchev–Trinajstić information content (AvgIpc) is 3.19. The van der Waals surface area contributed by atoms with Crippen molar-refractivity contribution in [3.8, 4) is 17.1 Å². The number of carbonyl (C=O) groups is 1. The molecule has 0 spiro atoms. The van der Waals surface area contributed by atoms with E-state index in [4.69, 9.17) is 11.6 Å². The molecule has 0 aliphatic carbocycles. The Morgan fingerprint density at radius 3 is 2.85 bits per heavy atom. The van der Waals surface area contributed by atoms with Crippen LogP contribution in [0.15, 0.2) is 42.5 Å². The van der Waals surface area contributed by atoms with E-state index in [1.54, 1.807) is 24.3 Å². The van der Waals surface area contributed by atoms with Crippen LogP contribution in [0.1, 0.15) is 29.3 Å². The van der Waals surface area contributed by atoms with Gasteiger partial charge in [0.1, 0.15) is 5.75 Å². The number of nitrogens with one attached hydrogen (secondary N) is 2. The molecule has 1 heterocycles. The highest BCUT2D eigenvalue weighted by molar-refractivity contribution is 6.30. The number of hydrogen-bond acceptors (Lipinski definition) is 5. The summed E-state index contributed by atoms with van der Waals surface area (Å²) in [4.78, 5) is 12.2. The van der Waals surface area contributed by atoms with Crippen LogP contribution in [0.4, 0.5) is 0 Å². The van der Waals surface area contributed by atoms with Crippen LogP contribution in [0, 0.1) is 5.92 Å². The lowest BCUT2D eigenvalue weighted by Crippen LogP contribution is -2.28. The van der Waals surface area contributed by atoms with Gasteiger partial charge in [-0.15, -0.1) is 10.2 Å². The van der Waals surface area contributed by atoms with Crippen molar-refractivity contribution in [1.82, 2.24) is 25.9 Å². The second kappa shape index (κ2) is 8.64.